The van der Waals surface area contributed by atoms with Crippen LogP contribution in [0.15, 0.2) is 18.2 Å². The number of ether oxygens (including phenoxy) is 3. The molecule has 1 fully saturated rings. The summed E-state index contributed by atoms with van der Waals surface area (Å²) < 4.78 is 16.0. The van der Waals surface area contributed by atoms with Crippen LogP contribution in [0.2, 0.25) is 0 Å². The van der Waals surface area contributed by atoms with Crippen LogP contribution in [0.3, 0.4) is 0 Å². The lowest BCUT2D eigenvalue weighted by molar-refractivity contribution is -0.135. The van der Waals surface area contributed by atoms with Gasteiger partial charge in [-0.2, -0.15) is 0 Å². The number of hydrogen-bond donors (Lipinski definition) is 2. The molecule has 0 radical (unpaired) electrons. The second-order valence-corrected chi connectivity index (χ2v) is 7.62. The molecule has 29 heavy (non-hydrogen) atoms. The van der Waals surface area contributed by atoms with E-state index in [1.165, 1.54) is 0 Å². The van der Waals surface area contributed by atoms with Gasteiger partial charge in [-0.05, 0) is 18.9 Å². The van der Waals surface area contributed by atoms with Gasteiger partial charge >= 0.3 is 0 Å². The summed E-state index contributed by atoms with van der Waals surface area (Å²) >= 11 is 0. The third-order valence-corrected chi connectivity index (χ3v) is 5.48. The van der Waals surface area contributed by atoms with Crippen LogP contribution in [0.4, 0.5) is 0 Å². The highest BCUT2D eigenvalue weighted by Gasteiger charge is 2.27. The van der Waals surface area contributed by atoms with Crippen LogP contribution in [0.1, 0.15) is 31.2 Å². The summed E-state index contributed by atoms with van der Waals surface area (Å²) in [5, 5.41) is 6.42. The van der Waals surface area contributed by atoms with Gasteiger partial charge in [0.25, 0.3) is 0 Å². The number of nitrogens with one attached hydrogen (secondary N) is 2. The summed E-state index contributed by atoms with van der Waals surface area (Å²) in [5.41, 5.74) is 1.05. The first-order valence-corrected chi connectivity index (χ1v) is 10.2. The van der Waals surface area contributed by atoms with Crippen LogP contribution < -0.4 is 20.1 Å². The van der Waals surface area contributed by atoms with Gasteiger partial charge in [0.15, 0.2) is 11.5 Å². The average molecular weight is 405 g/mol. The molecule has 2 atom stereocenters. The van der Waals surface area contributed by atoms with Crippen molar-refractivity contribution >= 4 is 11.8 Å². The number of para-hydroxylation sites is 1. The topological polar surface area (TPSA) is 89.1 Å². The molecule has 2 heterocycles. The fraction of sp³-hybridized carbons (Fsp3) is 0.619. The zero-order chi connectivity index (χ0) is 20.6. The molecule has 1 aromatic carbocycles. The normalized spacial score (nSPS) is 22.0. The van der Waals surface area contributed by atoms with Gasteiger partial charge < -0.3 is 29.7 Å². The van der Waals surface area contributed by atoms with E-state index >= 15 is 0 Å². The maximum Gasteiger partial charge on any atom is 0.231 e. The minimum Gasteiger partial charge on any atom is -0.454 e. The number of likely N-dealkylation sites (N-methyl/N-ethyl adjacent to an activating group) is 1. The van der Waals surface area contributed by atoms with Crippen molar-refractivity contribution in [2.24, 2.45) is 5.92 Å². The van der Waals surface area contributed by atoms with Crippen LogP contribution in [0.5, 0.6) is 11.5 Å². The van der Waals surface area contributed by atoms with Crippen LogP contribution in [-0.4, -0.2) is 63.4 Å². The first-order chi connectivity index (χ1) is 14.1. The summed E-state index contributed by atoms with van der Waals surface area (Å²) in [4.78, 5) is 26.7. The van der Waals surface area contributed by atoms with Gasteiger partial charge in [-0.15, -0.1) is 0 Å². The Bertz CT molecular complexity index is 712. The van der Waals surface area contributed by atoms with Crippen molar-refractivity contribution in [1.29, 1.82) is 0 Å². The highest BCUT2D eigenvalue weighted by molar-refractivity contribution is 5.85. The molecule has 160 valence electrons. The number of nitrogens with zero attached hydrogens (tertiary/aromatic N) is 1. The van der Waals surface area contributed by atoms with E-state index in [0.29, 0.717) is 32.7 Å². The average Bonchev–Trinajstić information content (AvgIpc) is 3.21. The summed E-state index contributed by atoms with van der Waals surface area (Å²) in [6, 6.07) is 6.02. The third kappa shape index (κ3) is 5.83. The maximum atomic E-state index is 12.6. The lowest BCUT2D eigenvalue weighted by Gasteiger charge is -2.24. The molecule has 0 aromatic heterocycles. The first-order valence-electron chi connectivity index (χ1n) is 10.2. The minimum absolute atomic E-state index is 0.00271. The molecule has 1 saturated heterocycles. The Morgan fingerprint density at radius 2 is 2.17 bits per heavy atom. The Balaban J connectivity index is 1.56. The Morgan fingerprint density at radius 1 is 1.31 bits per heavy atom. The number of benzene rings is 1. The van der Waals surface area contributed by atoms with Crippen LogP contribution in [0.25, 0.3) is 0 Å². The van der Waals surface area contributed by atoms with Gasteiger partial charge in [-0.1, -0.05) is 18.6 Å². The second kappa shape index (κ2) is 10.5. The highest BCUT2D eigenvalue weighted by atomic mass is 16.7. The number of fused-ring (bicyclic) bond motifs is 1. The van der Waals surface area contributed by atoms with E-state index in [4.69, 9.17) is 14.2 Å². The summed E-state index contributed by atoms with van der Waals surface area (Å²) in [5.74, 6) is 1.22. The van der Waals surface area contributed by atoms with Crippen molar-refractivity contribution < 1.29 is 23.8 Å². The standard InChI is InChI=1S/C21H31N3O5/c1-24-13-17(23-12-16-6-4-8-18-20(16)29-14-28-18)7-3-5-15(11-19(24)25)21(26)22-9-10-27-2/h4,6,8,15,17,23H,3,5,7,9-14H2,1-2H3,(H,22,26). The molecule has 0 bridgehead atoms. The molecule has 3 rings (SSSR count). The van der Waals surface area contributed by atoms with Gasteiger partial charge in [-0.3, -0.25) is 9.59 Å². The monoisotopic (exact) mass is 405 g/mol. The smallest absolute Gasteiger partial charge is 0.231 e. The van der Waals surface area contributed by atoms with E-state index in [2.05, 4.69) is 10.6 Å². The van der Waals surface area contributed by atoms with Crippen molar-refractivity contribution in [2.45, 2.75) is 38.3 Å². The number of rotatable bonds is 7. The molecule has 8 heteroatoms. The molecular formula is C21H31N3O5. The lowest BCUT2D eigenvalue weighted by Crippen LogP contribution is -2.42. The fourth-order valence-corrected chi connectivity index (χ4v) is 3.80. The molecule has 8 nitrogen and oxygen atoms in total. The SMILES string of the molecule is COCCNC(=O)C1CCCC(NCc2cccc3c2OCO3)CN(C)C(=O)C1. The molecule has 2 unspecified atom stereocenters. The van der Waals surface area contributed by atoms with E-state index in [1.54, 1.807) is 19.1 Å². The number of carbonyl (C=O) groups excluding carboxylic acids is 2. The minimum atomic E-state index is -0.288. The summed E-state index contributed by atoms with van der Waals surface area (Å²) in [6.07, 6.45) is 2.73. The number of carbonyl (C=O) groups is 2. The first kappa shape index (κ1) is 21.4. The van der Waals surface area contributed by atoms with Gasteiger partial charge in [0.2, 0.25) is 18.6 Å². The third-order valence-electron chi connectivity index (χ3n) is 5.48. The molecule has 2 N–H and O–H groups in total. The zero-order valence-corrected chi connectivity index (χ0v) is 17.2. The largest absolute Gasteiger partial charge is 0.454 e. The quantitative estimate of drug-likeness (QED) is 0.665. The molecule has 0 spiro atoms. The number of hydrogen-bond acceptors (Lipinski definition) is 6. The van der Waals surface area contributed by atoms with Crippen LogP contribution in [0, 0.1) is 5.92 Å². The van der Waals surface area contributed by atoms with Gasteiger partial charge in [-0.25, -0.2) is 0 Å². The number of amides is 2. The molecule has 0 saturated carbocycles. The highest BCUT2D eigenvalue weighted by Crippen LogP contribution is 2.35. The van der Waals surface area contributed by atoms with Crippen molar-refractivity contribution in [3.05, 3.63) is 23.8 Å². The maximum absolute atomic E-state index is 12.6. The Kier molecular flexibility index (Phi) is 7.71. The van der Waals surface area contributed by atoms with Gasteiger partial charge in [0.05, 0.1) is 6.61 Å². The molecular weight excluding hydrogens is 374 g/mol. The van der Waals surface area contributed by atoms with Crippen LogP contribution >= 0.6 is 0 Å². The van der Waals surface area contributed by atoms with Crippen molar-refractivity contribution in [3.63, 3.8) is 0 Å². The van der Waals surface area contributed by atoms with Gasteiger partial charge in [0, 0.05) is 57.7 Å². The summed E-state index contributed by atoms with van der Waals surface area (Å²) in [6.45, 7) is 2.44. The Labute approximate surface area is 171 Å². The summed E-state index contributed by atoms with van der Waals surface area (Å²) in [7, 11) is 3.40. The second-order valence-electron chi connectivity index (χ2n) is 7.62. The fourth-order valence-electron chi connectivity index (χ4n) is 3.80. The zero-order valence-electron chi connectivity index (χ0n) is 17.2. The Morgan fingerprint density at radius 3 is 3.00 bits per heavy atom. The Hall–Kier alpha value is -2.32. The van der Waals surface area contributed by atoms with Crippen molar-refractivity contribution in [1.82, 2.24) is 15.5 Å². The van der Waals surface area contributed by atoms with Crippen molar-refractivity contribution in [2.75, 3.05) is 40.6 Å². The van der Waals surface area contributed by atoms with Gasteiger partial charge in [0.1, 0.15) is 0 Å². The molecule has 2 aliphatic rings. The van der Waals surface area contributed by atoms with Crippen LogP contribution in [-0.2, 0) is 20.9 Å². The van der Waals surface area contributed by atoms with E-state index in [9.17, 15) is 9.59 Å². The molecule has 0 aliphatic carbocycles. The van der Waals surface area contributed by atoms with E-state index in [-0.39, 0.29) is 37.0 Å². The van der Waals surface area contributed by atoms with E-state index in [1.807, 2.05) is 18.2 Å². The lowest BCUT2D eigenvalue weighted by atomic mass is 9.96. The van der Waals surface area contributed by atoms with E-state index in [0.717, 1.165) is 29.9 Å². The molecule has 1 aromatic rings. The van der Waals surface area contributed by atoms with Crippen molar-refractivity contribution in [3.8, 4) is 11.5 Å². The molecule has 2 aliphatic heterocycles. The molecule has 2 amide bonds. The number of methoxy groups -OCH3 is 1. The predicted molar refractivity (Wildman–Crippen MR) is 108 cm³/mol. The van der Waals surface area contributed by atoms with E-state index < -0.39 is 0 Å². The predicted octanol–water partition coefficient (Wildman–Crippen LogP) is 1.28.